The Hall–Kier alpha value is -2.08. The Morgan fingerprint density at radius 1 is 1.57 bits per heavy atom. The van der Waals surface area contributed by atoms with Crippen molar-refractivity contribution in [3.05, 3.63) is 24.1 Å². The van der Waals surface area contributed by atoms with Crippen LogP contribution in [0.4, 0.5) is 5.69 Å². The summed E-state index contributed by atoms with van der Waals surface area (Å²) in [4.78, 5) is 18.4. The van der Waals surface area contributed by atoms with Crippen LogP contribution in [0.5, 0.6) is 0 Å². The summed E-state index contributed by atoms with van der Waals surface area (Å²) in [5, 5.41) is 2.73. The zero-order valence-electron chi connectivity index (χ0n) is 12.1. The lowest BCUT2D eigenvalue weighted by Gasteiger charge is -2.30. The zero-order valence-corrected chi connectivity index (χ0v) is 12.1. The number of rotatable bonds is 3. The third-order valence-electron chi connectivity index (χ3n) is 3.94. The predicted molar refractivity (Wildman–Crippen MR) is 80.5 cm³/mol. The summed E-state index contributed by atoms with van der Waals surface area (Å²) in [5.74, 6) is 0.849. The lowest BCUT2D eigenvalue weighted by atomic mass is 9.97. The summed E-state index contributed by atoms with van der Waals surface area (Å²) < 4.78 is 5.74. The highest BCUT2D eigenvalue weighted by molar-refractivity contribution is 5.78. The molecule has 1 fully saturated rings. The van der Waals surface area contributed by atoms with Crippen LogP contribution in [-0.4, -0.2) is 35.9 Å². The van der Waals surface area contributed by atoms with Crippen molar-refractivity contribution in [1.29, 1.82) is 0 Å². The van der Waals surface area contributed by atoms with Crippen LogP contribution in [0, 0.1) is 5.92 Å². The molecule has 1 atom stereocenters. The molecule has 3 rings (SSSR count). The SMILES string of the molecule is CNC(=O)C1CCCN(Cc2nc3ccc(N)cc3o2)C1. The van der Waals surface area contributed by atoms with Crippen molar-refractivity contribution >= 4 is 22.7 Å². The van der Waals surface area contributed by atoms with Crippen molar-refractivity contribution in [2.24, 2.45) is 5.92 Å². The number of hydrogen-bond donors (Lipinski definition) is 2. The number of oxazole rings is 1. The van der Waals surface area contributed by atoms with Gasteiger partial charge in [-0.2, -0.15) is 0 Å². The number of benzene rings is 1. The number of piperidine rings is 1. The van der Waals surface area contributed by atoms with Crippen LogP contribution in [0.15, 0.2) is 22.6 Å². The first-order valence-corrected chi connectivity index (χ1v) is 7.24. The van der Waals surface area contributed by atoms with E-state index in [1.165, 1.54) is 0 Å². The van der Waals surface area contributed by atoms with Gasteiger partial charge in [-0.15, -0.1) is 0 Å². The van der Waals surface area contributed by atoms with Crippen LogP contribution >= 0.6 is 0 Å². The predicted octanol–water partition coefficient (Wildman–Crippen LogP) is 1.37. The second-order valence-electron chi connectivity index (χ2n) is 5.52. The number of nitrogens with one attached hydrogen (secondary N) is 1. The summed E-state index contributed by atoms with van der Waals surface area (Å²) in [6.45, 7) is 2.34. The van der Waals surface area contributed by atoms with Gasteiger partial charge in [-0.25, -0.2) is 4.98 Å². The van der Waals surface area contributed by atoms with Crippen LogP contribution in [0.3, 0.4) is 0 Å². The summed E-state index contributed by atoms with van der Waals surface area (Å²) in [5.41, 5.74) is 7.94. The number of hydrogen-bond acceptors (Lipinski definition) is 5. The van der Waals surface area contributed by atoms with Gasteiger partial charge in [0.25, 0.3) is 0 Å². The second-order valence-corrected chi connectivity index (χ2v) is 5.52. The minimum absolute atomic E-state index is 0.0590. The number of aromatic nitrogens is 1. The summed E-state index contributed by atoms with van der Waals surface area (Å²) in [7, 11) is 1.69. The number of carbonyl (C=O) groups is 1. The molecule has 1 aliphatic heterocycles. The molecule has 2 aromatic rings. The molecule has 0 bridgehead atoms. The second kappa shape index (κ2) is 5.73. The molecule has 0 saturated carbocycles. The van der Waals surface area contributed by atoms with Crippen LogP contribution in [0.2, 0.25) is 0 Å². The van der Waals surface area contributed by atoms with E-state index in [2.05, 4.69) is 15.2 Å². The molecule has 21 heavy (non-hydrogen) atoms. The summed E-state index contributed by atoms with van der Waals surface area (Å²) in [6, 6.07) is 5.47. The molecule has 2 heterocycles. The highest BCUT2D eigenvalue weighted by Gasteiger charge is 2.25. The van der Waals surface area contributed by atoms with Crippen LogP contribution in [-0.2, 0) is 11.3 Å². The molecule has 6 heteroatoms. The minimum atomic E-state index is 0.0590. The number of anilines is 1. The third kappa shape index (κ3) is 3.00. The number of nitrogens with two attached hydrogens (primary N) is 1. The number of nitrogens with zero attached hydrogens (tertiary/aromatic N) is 2. The molecule has 0 radical (unpaired) electrons. The quantitative estimate of drug-likeness (QED) is 0.833. The van der Waals surface area contributed by atoms with Crippen molar-refractivity contribution in [2.75, 3.05) is 25.9 Å². The molecule has 0 spiro atoms. The van der Waals surface area contributed by atoms with E-state index in [-0.39, 0.29) is 11.8 Å². The maximum absolute atomic E-state index is 11.8. The highest BCUT2D eigenvalue weighted by atomic mass is 16.3. The summed E-state index contributed by atoms with van der Waals surface area (Å²) in [6.07, 6.45) is 1.96. The fourth-order valence-electron chi connectivity index (χ4n) is 2.87. The molecule has 112 valence electrons. The largest absolute Gasteiger partial charge is 0.439 e. The van der Waals surface area contributed by atoms with Gasteiger partial charge in [-0.3, -0.25) is 9.69 Å². The van der Waals surface area contributed by atoms with E-state index in [1.807, 2.05) is 12.1 Å². The number of amides is 1. The lowest BCUT2D eigenvalue weighted by molar-refractivity contribution is -0.126. The first-order chi connectivity index (χ1) is 10.2. The van der Waals surface area contributed by atoms with E-state index in [0.717, 1.165) is 31.4 Å². The number of nitrogen functional groups attached to an aromatic ring is 1. The molecule has 1 aromatic carbocycles. The average molecular weight is 288 g/mol. The summed E-state index contributed by atoms with van der Waals surface area (Å²) >= 11 is 0. The fraction of sp³-hybridized carbons (Fsp3) is 0.467. The van der Waals surface area contributed by atoms with E-state index < -0.39 is 0 Å². The maximum Gasteiger partial charge on any atom is 0.224 e. The zero-order chi connectivity index (χ0) is 14.8. The van der Waals surface area contributed by atoms with Gasteiger partial charge >= 0.3 is 0 Å². The molecule has 3 N–H and O–H groups in total. The molecule has 0 aliphatic carbocycles. The van der Waals surface area contributed by atoms with Gasteiger partial charge in [0, 0.05) is 25.3 Å². The number of carbonyl (C=O) groups excluding carboxylic acids is 1. The normalized spacial score (nSPS) is 19.8. The van der Waals surface area contributed by atoms with Gasteiger partial charge in [0.15, 0.2) is 5.58 Å². The van der Waals surface area contributed by atoms with Crippen molar-refractivity contribution in [1.82, 2.24) is 15.2 Å². The molecule has 1 amide bonds. The van der Waals surface area contributed by atoms with Crippen molar-refractivity contribution < 1.29 is 9.21 Å². The van der Waals surface area contributed by atoms with Crippen molar-refractivity contribution in [3.8, 4) is 0 Å². The number of likely N-dealkylation sites (tertiary alicyclic amines) is 1. The van der Waals surface area contributed by atoms with Gasteiger partial charge in [0.2, 0.25) is 11.8 Å². The van der Waals surface area contributed by atoms with Gasteiger partial charge in [0.05, 0.1) is 12.5 Å². The lowest BCUT2D eigenvalue weighted by Crippen LogP contribution is -2.41. The molecule has 1 saturated heterocycles. The molecule has 1 unspecified atom stereocenters. The van der Waals surface area contributed by atoms with E-state index in [9.17, 15) is 4.79 Å². The maximum atomic E-state index is 11.8. The Morgan fingerprint density at radius 2 is 2.43 bits per heavy atom. The van der Waals surface area contributed by atoms with Crippen LogP contribution in [0.1, 0.15) is 18.7 Å². The first-order valence-electron chi connectivity index (χ1n) is 7.24. The highest BCUT2D eigenvalue weighted by Crippen LogP contribution is 2.22. The van der Waals surface area contributed by atoms with Gasteiger partial charge in [-0.1, -0.05) is 0 Å². The third-order valence-corrected chi connectivity index (χ3v) is 3.94. The van der Waals surface area contributed by atoms with E-state index in [0.29, 0.717) is 23.7 Å². The standard InChI is InChI=1S/C15H20N4O2/c1-17-15(20)10-3-2-6-19(8-10)9-14-18-12-5-4-11(16)7-13(12)21-14/h4-5,7,10H,2-3,6,8-9,16H2,1H3,(H,17,20). The Labute approximate surface area is 123 Å². The average Bonchev–Trinajstić information content (AvgIpc) is 2.88. The van der Waals surface area contributed by atoms with Crippen LogP contribution < -0.4 is 11.1 Å². The molecular weight excluding hydrogens is 268 g/mol. The first kappa shape index (κ1) is 13.9. The van der Waals surface area contributed by atoms with Crippen molar-refractivity contribution in [2.45, 2.75) is 19.4 Å². The van der Waals surface area contributed by atoms with Gasteiger partial charge < -0.3 is 15.5 Å². The molecular formula is C15H20N4O2. The Kier molecular flexibility index (Phi) is 3.79. The van der Waals surface area contributed by atoms with Crippen molar-refractivity contribution in [3.63, 3.8) is 0 Å². The van der Waals surface area contributed by atoms with Crippen LogP contribution in [0.25, 0.3) is 11.1 Å². The van der Waals surface area contributed by atoms with E-state index >= 15 is 0 Å². The fourth-order valence-corrected chi connectivity index (χ4v) is 2.87. The topological polar surface area (TPSA) is 84.4 Å². The monoisotopic (exact) mass is 288 g/mol. The number of fused-ring (bicyclic) bond motifs is 1. The minimum Gasteiger partial charge on any atom is -0.439 e. The van der Waals surface area contributed by atoms with E-state index in [1.54, 1.807) is 13.1 Å². The molecule has 1 aliphatic rings. The van der Waals surface area contributed by atoms with E-state index in [4.69, 9.17) is 10.2 Å². The van der Waals surface area contributed by atoms with Gasteiger partial charge in [-0.05, 0) is 31.5 Å². The van der Waals surface area contributed by atoms with Gasteiger partial charge in [0.1, 0.15) is 5.52 Å². The molecule has 1 aromatic heterocycles. The smallest absolute Gasteiger partial charge is 0.224 e. The Morgan fingerprint density at radius 3 is 3.24 bits per heavy atom. The Balaban J connectivity index is 1.71. The Bertz CT molecular complexity index is 652. The molecule has 6 nitrogen and oxygen atoms in total.